The molecule has 3 aromatic rings. The zero-order chi connectivity index (χ0) is 14.3. The third kappa shape index (κ3) is 2.04. The molecule has 0 unspecified atom stereocenters. The first-order valence-corrected chi connectivity index (χ1v) is 7.16. The number of fused-ring (bicyclic) bond motifs is 1. The highest BCUT2D eigenvalue weighted by Gasteiger charge is 2.19. The maximum Gasteiger partial charge on any atom is 0.296 e. The summed E-state index contributed by atoms with van der Waals surface area (Å²) in [5.41, 5.74) is 2.00. The molecule has 0 amide bonds. The maximum atomic E-state index is 11.5. The molecule has 102 valence electrons. The smallest absolute Gasteiger partial charge is 0.282 e. The molecule has 0 atom stereocenters. The number of hydrogen-bond donors (Lipinski definition) is 1. The fraction of sp³-hybridized carbons (Fsp3) is 0.0833. The van der Waals surface area contributed by atoms with Gasteiger partial charge in [-0.25, -0.2) is 4.98 Å². The molecule has 0 saturated carbocycles. The third-order valence-electron chi connectivity index (χ3n) is 2.83. The molecular weight excluding hydrogens is 280 g/mol. The monoisotopic (exact) mass is 290 g/mol. The second-order valence-electron chi connectivity index (χ2n) is 4.29. The highest BCUT2D eigenvalue weighted by Crippen LogP contribution is 2.23. The van der Waals surface area contributed by atoms with Crippen molar-refractivity contribution in [2.75, 3.05) is 0 Å². The molecule has 0 fully saturated rings. The average molecular weight is 290 g/mol. The van der Waals surface area contributed by atoms with Crippen LogP contribution in [0.15, 0.2) is 41.4 Å². The summed E-state index contributed by atoms with van der Waals surface area (Å²) in [6.07, 6.45) is 1.56. The fourth-order valence-electron chi connectivity index (χ4n) is 1.94. The summed E-state index contributed by atoms with van der Waals surface area (Å²) in [4.78, 5) is 3.90. The normalized spacial score (nSPS) is 11.9. The Balaban J connectivity index is 2.37. The van der Waals surface area contributed by atoms with Crippen molar-refractivity contribution in [2.45, 2.75) is 11.8 Å². The average Bonchev–Trinajstić information content (AvgIpc) is 2.80. The summed E-state index contributed by atoms with van der Waals surface area (Å²) < 4.78 is 33.6. The van der Waals surface area contributed by atoms with Gasteiger partial charge in [-0.1, -0.05) is 11.3 Å². The Labute approximate surface area is 114 Å². The van der Waals surface area contributed by atoms with Gasteiger partial charge in [-0.2, -0.15) is 13.1 Å². The molecule has 0 aliphatic rings. The molecule has 1 aromatic carbocycles. The lowest BCUT2D eigenvalue weighted by Gasteiger charge is -2.08. The molecular formula is C12H10N4O3S. The van der Waals surface area contributed by atoms with Crippen LogP contribution in [0.4, 0.5) is 0 Å². The maximum absolute atomic E-state index is 11.5. The zero-order valence-corrected chi connectivity index (χ0v) is 11.2. The molecule has 1 N–H and O–H groups in total. The van der Waals surface area contributed by atoms with E-state index in [1.165, 1.54) is 10.7 Å². The zero-order valence-electron chi connectivity index (χ0n) is 10.4. The Kier molecular flexibility index (Phi) is 2.77. The Bertz CT molecular complexity index is 902. The van der Waals surface area contributed by atoms with E-state index in [9.17, 15) is 13.0 Å². The lowest BCUT2D eigenvalue weighted by Crippen LogP contribution is -2.08. The van der Waals surface area contributed by atoms with Crippen LogP contribution in [0.2, 0.25) is 0 Å². The van der Waals surface area contributed by atoms with Crippen LogP contribution in [0.1, 0.15) is 5.56 Å². The van der Waals surface area contributed by atoms with Crippen molar-refractivity contribution < 1.29 is 13.0 Å². The first-order chi connectivity index (χ1) is 9.47. The summed E-state index contributed by atoms with van der Waals surface area (Å²) in [5.74, 6) is 0. The van der Waals surface area contributed by atoms with E-state index in [2.05, 4.69) is 15.3 Å². The van der Waals surface area contributed by atoms with Crippen LogP contribution >= 0.6 is 0 Å². The highest BCUT2D eigenvalue weighted by atomic mass is 32.2. The van der Waals surface area contributed by atoms with Gasteiger partial charge in [0.25, 0.3) is 10.1 Å². The Morgan fingerprint density at radius 2 is 2.05 bits per heavy atom. The second kappa shape index (κ2) is 4.36. The first-order valence-electron chi connectivity index (χ1n) is 5.72. The SMILES string of the molecule is Cc1ccc(S(=O)(=O)O)c(-n2nnc3cccnc32)c1. The van der Waals surface area contributed by atoms with E-state index >= 15 is 0 Å². The van der Waals surface area contributed by atoms with Crippen molar-refractivity contribution in [1.29, 1.82) is 0 Å². The lowest BCUT2D eigenvalue weighted by atomic mass is 10.2. The van der Waals surface area contributed by atoms with Gasteiger partial charge in [0.05, 0.1) is 5.69 Å². The van der Waals surface area contributed by atoms with Crippen LogP contribution in [0.25, 0.3) is 16.9 Å². The van der Waals surface area contributed by atoms with Crippen molar-refractivity contribution >= 4 is 21.3 Å². The summed E-state index contributed by atoms with van der Waals surface area (Å²) >= 11 is 0. The molecule has 20 heavy (non-hydrogen) atoms. The van der Waals surface area contributed by atoms with Crippen LogP contribution in [-0.4, -0.2) is 32.9 Å². The highest BCUT2D eigenvalue weighted by molar-refractivity contribution is 7.86. The number of rotatable bonds is 2. The molecule has 7 nitrogen and oxygen atoms in total. The van der Waals surface area contributed by atoms with Crippen molar-refractivity contribution in [2.24, 2.45) is 0 Å². The van der Waals surface area contributed by atoms with Crippen LogP contribution in [0.5, 0.6) is 0 Å². The summed E-state index contributed by atoms with van der Waals surface area (Å²) in [6.45, 7) is 1.81. The number of aryl methyl sites for hydroxylation is 1. The van der Waals surface area contributed by atoms with Gasteiger partial charge in [0, 0.05) is 6.20 Å². The molecule has 0 spiro atoms. The van der Waals surface area contributed by atoms with Gasteiger partial charge < -0.3 is 0 Å². The van der Waals surface area contributed by atoms with Crippen molar-refractivity contribution in [3.8, 4) is 5.69 Å². The molecule has 8 heteroatoms. The Morgan fingerprint density at radius 3 is 2.80 bits per heavy atom. The van der Waals surface area contributed by atoms with E-state index in [1.807, 2.05) is 6.92 Å². The Hall–Kier alpha value is -2.32. The van der Waals surface area contributed by atoms with E-state index in [4.69, 9.17) is 0 Å². The predicted octanol–water partition coefficient (Wildman–Crippen LogP) is 1.37. The van der Waals surface area contributed by atoms with Gasteiger partial charge in [-0.15, -0.1) is 5.10 Å². The molecule has 0 bridgehead atoms. The standard InChI is InChI=1S/C12H10N4O3S/c1-8-4-5-11(20(17,18)19)10(7-8)16-12-9(14-15-16)3-2-6-13-12/h2-7H,1H3,(H,17,18,19). The second-order valence-corrected chi connectivity index (χ2v) is 5.68. The van der Waals surface area contributed by atoms with E-state index in [-0.39, 0.29) is 10.6 Å². The molecule has 3 rings (SSSR count). The van der Waals surface area contributed by atoms with Crippen molar-refractivity contribution in [3.05, 3.63) is 42.1 Å². The largest absolute Gasteiger partial charge is 0.296 e. The summed E-state index contributed by atoms with van der Waals surface area (Å²) in [5, 5.41) is 7.83. The van der Waals surface area contributed by atoms with Gasteiger partial charge in [0.15, 0.2) is 5.65 Å². The number of pyridine rings is 1. The van der Waals surface area contributed by atoms with Gasteiger partial charge in [-0.05, 0) is 36.8 Å². The number of nitrogens with zero attached hydrogens (tertiary/aromatic N) is 4. The van der Waals surface area contributed by atoms with Gasteiger partial charge in [-0.3, -0.25) is 4.55 Å². The summed E-state index contributed by atoms with van der Waals surface area (Å²) in [6, 6.07) is 7.96. The molecule has 0 saturated heterocycles. The van der Waals surface area contributed by atoms with E-state index < -0.39 is 10.1 Å². The minimum atomic E-state index is -4.36. The molecule has 0 aliphatic heterocycles. The van der Waals surface area contributed by atoms with E-state index in [1.54, 1.807) is 30.5 Å². The van der Waals surface area contributed by atoms with Gasteiger partial charge in [0.1, 0.15) is 10.4 Å². The van der Waals surface area contributed by atoms with Crippen molar-refractivity contribution in [1.82, 2.24) is 20.0 Å². The molecule has 2 aromatic heterocycles. The summed E-state index contributed by atoms with van der Waals surface area (Å²) in [7, 11) is -4.36. The van der Waals surface area contributed by atoms with Crippen LogP contribution in [0.3, 0.4) is 0 Å². The quantitative estimate of drug-likeness (QED) is 0.716. The predicted molar refractivity (Wildman–Crippen MR) is 71.2 cm³/mol. The van der Waals surface area contributed by atoms with Crippen molar-refractivity contribution in [3.63, 3.8) is 0 Å². The number of hydrogen-bond acceptors (Lipinski definition) is 5. The third-order valence-corrected chi connectivity index (χ3v) is 3.73. The topological polar surface area (TPSA) is 98.0 Å². The fourth-order valence-corrected chi connectivity index (χ4v) is 2.59. The van der Waals surface area contributed by atoms with E-state index in [0.29, 0.717) is 11.2 Å². The number of aromatic nitrogens is 4. The van der Waals surface area contributed by atoms with Gasteiger partial charge >= 0.3 is 0 Å². The minimum absolute atomic E-state index is 0.216. The lowest BCUT2D eigenvalue weighted by molar-refractivity contribution is 0.482. The molecule has 0 radical (unpaired) electrons. The van der Waals surface area contributed by atoms with Crippen LogP contribution in [0, 0.1) is 6.92 Å². The molecule has 0 aliphatic carbocycles. The van der Waals surface area contributed by atoms with E-state index in [0.717, 1.165) is 5.56 Å². The first kappa shape index (κ1) is 12.7. The number of benzene rings is 1. The van der Waals surface area contributed by atoms with Crippen LogP contribution in [-0.2, 0) is 10.1 Å². The van der Waals surface area contributed by atoms with Gasteiger partial charge in [0.2, 0.25) is 0 Å². The Morgan fingerprint density at radius 1 is 1.25 bits per heavy atom. The minimum Gasteiger partial charge on any atom is -0.282 e. The molecule has 2 heterocycles. The van der Waals surface area contributed by atoms with Crippen LogP contribution < -0.4 is 0 Å².